The summed E-state index contributed by atoms with van der Waals surface area (Å²) in [7, 11) is -3.72. The SMILES string of the molecule is CCCOc1ccc(C(=O)Oc2ccc(/C=N\NS(=O)(=O)c3ccccc3)cc2)cc1. The van der Waals surface area contributed by atoms with Gasteiger partial charge in [-0.15, -0.1) is 0 Å². The lowest BCUT2D eigenvalue weighted by molar-refractivity contribution is 0.0734. The second kappa shape index (κ2) is 10.4. The average Bonchev–Trinajstić information content (AvgIpc) is 2.79. The van der Waals surface area contributed by atoms with Gasteiger partial charge in [-0.05, 0) is 72.6 Å². The molecule has 0 saturated heterocycles. The Labute approximate surface area is 181 Å². The number of rotatable bonds is 9. The quantitative estimate of drug-likeness (QED) is 0.236. The standard InChI is InChI=1S/C23H22N2O5S/c1-2-16-29-20-14-10-19(11-15-20)23(26)30-21-12-8-18(9-13-21)17-24-25-31(27,28)22-6-4-3-5-7-22/h3-15,17,25H,2,16H2,1H3/b24-17-. The normalized spacial score (nSPS) is 11.3. The van der Waals surface area contributed by atoms with Crippen LogP contribution in [0.25, 0.3) is 0 Å². The zero-order chi connectivity index (χ0) is 22.1. The van der Waals surface area contributed by atoms with E-state index in [-0.39, 0.29) is 4.90 Å². The van der Waals surface area contributed by atoms with Crippen molar-refractivity contribution in [1.29, 1.82) is 0 Å². The molecule has 0 aliphatic carbocycles. The highest BCUT2D eigenvalue weighted by molar-refractivity contribution is 7.89. The number of benzene rings is 3. The van der Waals surface area contributed by atoms with Crippen LogP contribution in [-0.2, 0) is 10.0 Å². The van der Waals surface area contributed by atoms with Crippen molar-refractivity contribution in [2.24, 2.45) is 5.10 Å². The van der Waals surface area contributed by atoms with Crippen LogP contribution in [0.4, 0.5) is 0 Å². The molecule has 0 radical (unpaired) electrons. The molecule has 8 heteroatoms. The highest BCUT2D eigenvalue weighted by atomic mass is 32.2. The van der Waals surface area contributed by atoms with Crippen molar-refractivity contribution in [2.45, 2.75) is 18.2 Å². The van der Waals surface area contributed by atoms with Crippen molar-refractivity contribution in [1.82, 2.24) is 4.83 Å². The summed E-state index contributed by atoms with van der Waals surface area (Å²) in [6, 6.07) is 21.2. The third kappa shape index (κ3) is 6.42. The first-order chi connectivity index (χ1) is 15.0. The Kier molecular flexibility index (Phi) is 7.40. The maximum Gasteiger partial charge on any atom is 0.343 e. The summed E-state index contributed by atoms with van der Waals surface area (Å²) >= 11 is 0. The van der Waals surface area contributed by atoms with E-state index in [1.54, 1.807) is 66.7 Å². The molecule has 0 heterocycles. The fourth-order valence-corrected chi connectivity index (χ4v) is 3.33. The second-order valence-electron chi connectivity index (χ2n) is 6.50. The van der Waals surface area contributed by atoms with E-state index in [2.05, 4.69) is 9.93 Å². The minimum Gasteiger partial charge on any atom is -0.494 e. The molecule has 31 heavy (non-hydrogen) atoms. The van der Waals surface area contributed by atoms with Crippen molar-refractivity contribution in [2.75, 3.05) is 6.61 Å². The van der Waals surface area contributed by atoms with E-state index >= 15 is 0 Å². The van der Waals surface area contributed by atoms with Gasteiger partial charge in [0, 0.05) is 0 Å². The summed E-state index contributed by atoms with van der Waals surface area (Å²) in [6.45, 7) is 2.64. The molecule has 0 aromatic heterocycles. The van der Waals surface area contributed by atoms with E-state index in [0.717, 1.165) is 6.42 Å². The van der Waals surface area contributed by atoms with Crippen molar-refractivity contribution < 1.29 is 22.7 Å². The maximum atomic E-state index is 12.3. The monoisotopic (exact) mass is 438 g/mol. The first-order valence-electron chi connectivity index (χ1n) is 9.63. The van der Waals surface area contributed by atoms with Gasteiger partial charge in [-0.1, -0.05) is 25.1 Å². The maximum absolute atomic E-state index is 12.3. The fraction of sp³-hybridized carbons (Fsp3) is 0.130. The summed E-state index contributed by atoms with van der Waals surface area (Å²) in [4.78, 5) is 14.6. The van der Waals surface area contributed by atoms with E-state index in [0.29, 0.717) is 29.2 Å². The highest BCUT2D eigenvalue weighted by Crippen LogP contribution is 2.16. The molecule has 3 aromatic rings. The van der Waals surface area contributed by atoms with Crippen LogP contribution in [0.5, 0.6) is 11.5 Å². The van der Waals surface area contributed by atoms with E-state index in [1.807, 2.05) is 6.92 Å². The Hall–Kier alpha value is -3.65. The number of ether oxygens (including phenoxy) is 2. The molecule has 0 amide bonds. The van der Waals surface area contributed by atoms with Gasteiger partial charge in [0.1, 0.15) is 11.5 Å². The number of hydrogen-bond donors (Lipinski definition) is 1. The van der Waals surface area contributed by atoms with Crippen LogP contribution in [0.3, 0.4) is 0 Å². The molecule has 1 N–H and O–H groups in total. The second-order valence-corrected chi connectivity index (χ2v) is 8.16. The number of sulfonamides is 1. The van der Waals surface area contributed by atoms with E-state index in [9.17, 15) is 13.2 Å². The lowest BCUT2D eigenvalue weighted by Crippen LogP contribution is -2.18. The molecular formula is C23H22N2O5S. The van der Waals surface area contributed by atoms with Gasteiger partial charge in [-0.3, -0.25) is 0 Å². The number of hydrazone groups is 1. The third-order valence-electron chi connectivity index (χ3n) is 4.09. The van der Waals surface area contributed by atoms with Crippen LogP contribution in [-0.4, -0.2) is 27.2 Å². The lowest BCUT2D eigenvalue weighted by atomic mass is 10.2. The molecule has 0 atom stereocenters. The Morgan fingerprint density at radius 3 is 2.23 bits per heavy atom. The molecular weight excluding hydrogens is 416 g/mol. The molecule has 0 aliphatic heterocycles. The predicted octanol–water partition coefficient (Wildman–Crippen LogP) is 4.01. The minimum absolute atomic E-state index is 0.124. The van der Waals surface area contributed by atoms with Crippen molar-refractivity contribution in [3.8, 4) is 11.5 Å². The number of carbonyl (C=O) groups is 1. The minimum atomic E-state index is -3.72. The van der Waals surface area contributed by atoms with E-state index in [1.165, 1.54) is 18.3 Å². The summed E-state index contributed by atoms with van der Waals surface area (Å²) in [6.07, 6.45) is 2.27. The largest absolute Gasteiger partial charge is 0.494 e. The molecule has 0 saturated carbocycles. The topological polar surface area (TPSA) is 94.1 Å². The van der Waals surface area contributed by atoms with Crippen molar-refractivity contribution in [3.05, 3.63) is 90.0 Å². The molecule has 160 valence electrons. The molecule has 3 rings (SSSR count). The fourth-order valence-electron chi connectivity index (χ4n) is 2.52. The Morgan fingerprint density at radius 1 is 0.935 bits per heavy atom. The number of nitrogens with one attached hydrogen (secondary N) is 1. The summed E-state index contributed by atoms with van der Waals surface area (Å²) in [5, 5.41) is 3.77. The first kappa shape index (κ1) is 22.0. The van der Waals surface area contributed by atoms with Crippen LogP contribution in [0.1, 0.15) is 29.3 Å². The van der Waals surface area contributed by atoms with Gasteiger partial charge in [0.2, 0.25) is 0 Å². The van der Waals surface area contributed by atoms with Crippen molar-refractivity contribution >= 4 is 22.2 Å². The van der Waals surface area contributed by atoms with Gasteiger partial charge in [0.05, 0.1) is 23.3 Å². The van der Waals surface area contributed by atoms with Gasteiger partial charge in [0.15, 0.2) is 0 Å². The summed E-state index contributed by atoms with van der Waals surface area (Å²) in [5.41, 5.74) is 1.04. The number of nitrogens with zero attached hydrogens (tertiary/aromatic N) is 1. The van der Waals surface area contributed by atoms with E-state index in [4.69, 9.17) is 9.47 Å². The number of carbonyl (C=O) groups excluding carboxylic acids is 1. The third-order valence-corrected chi connectivity index (χ3v) is 5.33. The van der Waals surface area contributed by atoms with E-state index < -0.39 is 16.0 Å². The number of esters is 1. The van der Waals surface area contributed by atoms with Gasteiger partial charge in [-0.2, -0.15) is 13.5 Å². The highest BCUT2D eigenvalue weighted by Gasteiger charge is 2.11. The first-order valence-corrected chi connectivity index (χ1v) is 11.1. The molecule has 3 aromatic carbocycles. The molecule has 0 bridgehead atoms. The van der Waals surface area contributed by atoms with Crippen LogP contribution in [0.2, 0.25) is 0 Å². The Balaban J connectivity index is 1.56. The predicted molar refractivity (Wildman–Crippen MR) is 118 cm³/mol. The smallest absolute Gasteiger partial charge is 0.343 e. The van der Waals surface area contributed by atoms with Crippen LogP contribution >= 0.6 is 0 Å². The number of hydrogen-bond acceptors (Lipinski definition) is 6. The van der Waals surface area contributed by atoms with Gasteiger partial charge < -0.3 is 9.47 Å². The van der Waals surface area contributed by atoms with Gasteiger partial charge in [0.25, 0.3) is 10.0 Å². The van der Waals surface area contributed by atoms with Crippen LogP contribution < -0.4 is 14.3 Å². The van der Waals surface area contributed by atoms with Crippen LogP contribution in [0, 0.1) is 0 Å². The summed E-state index contributed by atoms with van der Waals surface area (Å²) in [5.74, 6) is 0.572. The lowest BCUT2D eigenvalue weighted by Gasteiger charge is -2.07. The van der Waals surface area contributed by atoms with Gasteiger partial charge >= 0.3 is 5.97 Å². The molecule has 0 fully saturated rings. The molecule has 7 nitrogen and oxygen atoms in total. The van der Waals surface area contributed by atoms with Crippen LogP contribution in [0.15, 0.2) is 88.9 Å². The van der Waals surface area contributed by atoms with Gasteiger partial charge in [-0.25, -0.2) is 9.63 Å². The molecule has 0 spiro atoms. The molecule has 0 unspecified atom stereocenters. The summed E-state index contributed by atoms with van der Waals surface area (Å²) < 4.78 is 35.1. The zero-order valence-corrected chi connectivity index (χ0v) is 17.7. The average molecular weight is 439 g/mol. The van der Waals surface area contributed by atoms with Crippen molar-refractivity contribution in [3.63, 3.8) is 0 Å². The zero-order valence-electron chi connectivity index (χ0n) is 16.9. The molecule has 0 aliphatic rings. The Morgan fingerprint density at radius 2 is 1.58 bits per heavy atom. The Bertz CT molecular complexity index is 1130.